The summed E-state index contributed by atoms with van der Waals surface area (Å²) in [6.45, 7) is 11.0. The SMILES string of the molecule is CCC(=O)[C@@H](CCCN=C(N)N)NC(=O)[C@@H](CCCN=C(N)N)CC(=O)[C@@H](CCCN=C(N)N)NC(=O)[C@@H](CCCN=C(N)N)CC(=O)[C@@H](CCCN=C(N)N)NC(=O)CCC(=O)[C@H](C)NC(=O)[C@H](CSC)CC(=O)CNC(=O)[C@H](CC(C)C)NC(=O)C1CCCN1C(=O)COCCCC(=O)[C@@H](C)Cc1ccc(/C(C)=N/OCCNC(=O)OCCOC)cc1. The Hall–Kier alpha value is -11.1. The van der Waals surface area contributed by atoms with Gasteiger partial charge in [-0.1, -0.05) is 57.1 Å². The maximum Gasteiger partial charge on any atom is 0.407 e. The Morgan fingerprint density at radius 1 is 0.532 bits per heavy atom. The first-order valence-corrected chi connectivity index (χ1v) is 43.5. The van der Waals surface area contributed by atoms with Crippen molar-refractivity contribution in [1.82, 2.24) is 42.1 Å². The van der Waals surface area contributed by atoms with Crippen LogP contribution in [0.3, 0.4) is 0 Å². The number of carbonyl (C=O) groups excluding carboxylic acids is 14. The lowest BCUT2D eigenvalue weighted by Gasteiger charge is -2.27. The summed E-state index contributed by atoms with van der Waals surface area (Å²) >= 11 is 1.25. The fraction of sp³-hybridized carbons (Fsp3) is 0.679. The highest BCUT2D eigenvalue weighted by Gasteiger charge is 2.38. The van der Waals surface area contributed by atoms with Gasteiger partial charge in [0.1, 0.15) is 37.7 Å². The number of nitrogens with two attached hydrogens (primary N) is 10. The van der Waals surface area contributed by atoms with Crippen LogP contribution < -0.4 is 94.6 Å². The van der Waals surface area contributed by atoms with Gasteiger partial charge in [0.05, 0.1) is 55.5 Å². The zero-order chi connectivity index (χ0) is 92.6. The highest BCUT2D eigenvalue weighted by molar-refractivity contribution is 7.98. The van der Waals surface area contributed by atoms with Crippen LogP contribution in [-0.2, 0) is 87.8 Å². The predicted molar refractivity (Wildman–Crippen MR) is 473 cm³/mol. The van der Waals surface area contributed by atoms with Crippen molar-refractivity contribution in [2.45, 2.75) is 219 Å². The van der Waals surface area contributed by atoms with E-state index < -0.39 is 157 Å². The van der Waals surface area contributed by atoms with E-state index in [9.17, 15) is 67.1 Å². The van der Waals surface area contributed by atoms with Gasteiger partial charge < -0.3 is 119 Å². The lowest BCUT2D eigenvalue weighted by atomic mass is 9.89. The average molecular weight is 1770 g/mol. The molecule has 27 N–H and O–H groups in total. The first-order valence-electron chi connectivity index (χ1n) is 42.1. The molecule has 0 saturated carbocycles. The number of rotatable bonds is 67. The van der Waals surface area contributed by atoms with Crippen LogP contribution in [0.15, 0.2) is 54.4 Å². The van der Waals surface area contributed by atoms with Crippen molar-refractivity contribution < 1.29 is 86.2 Å². The zero-order valence-corrected chi connectivity index (χ0v) is 74.1. The third-order valence-electron chi connectivity index (χ3n) is 19.9. The molecule has 1 heterocycles. The molecule has 42 nitrogen and oxygen atoms in total. The lowest BCUT2D eigenvalue weighted by Crippen LogP contribution is -2.54. The van der Waals surface area contributed by atoms with Crippen LogP contribution in [0.5, 0.6) is 0 Å². The molecule has 1 saturated heterocycles. The van der Waals surface area contributed by atoms with Gasteiger partial charge in [-0.25, -0.2) is 4.79 Å². The van der Waals surface area contributed by atoms with Gasteiger partial charge in [-0.15, -0.1) is 0 Å². The van der Waals surface area contributed by atoms with Crippen molar-refractivity contribution in [3.8, 4) is 0 Å². The number of nitrogens with one attached hydrogen (secondary N) is 7. The molecule has 0 aliphatic carbocycles. The molecule has 2 rings (SSSR count). The molecule has 1 fully saturated rings. The van der Waals surface area contributed by atoms with E-state index in [2.05, 4.69) is 67.3 Å². The standard InChI is InChI=1S/C81H138N24O18S/c1-9-64(107)59(19-12-32-94-78(86)87)101-71(114)56(18-11-31-93-77(84)85)45-68(111)61(21-14-34-96-80(90)91)102-72(115)55(17-10-30-92-76(82)83)44-67(110)60(20-13-33-95-79(88)89)100-69(112)29-28-66(109)52(6)99-73(116)57(48-124-8)43-58(106)46-98-74(117)62(41-49(2)3)103-75(118)63-22-15-36-105(63)70(113)47-121-37-16-23-65(108)50(4)42-53-24-26-54(27-25-53)51(5)104-123-38-35-97-81(119)122-40-39-120-7/h24-27,49-50,52,55-57,59-63H,9-23,28-48H2,1-8H3,(H,97,119)(H,98,117)(H,99,116)(H,100,112)(H,101,114)(H,102,115)(H,103,118)(H4,82,83,92)(H4,84,85,93)(H4,86,87,94)(H4,88,89,95)(H4,90,91,96)/b104-51+/t50-,52-,55-,56-,57-,59+,60+,61+,62-,63?/m0/s1. The smallest absolute Gasteiger partial charge is 0.407 e. The van der Waals surface area contributed by atoms with E-state index >= 15 is 0 Å². The minimum Gasteiger partial charge on any atom is -0.447 e. The van der Waals surface area contributed by atoms with Gasteiger partial charge >= 0.3 is 6.09 Å². The molecule has 10 atom stereocenters. The van der Waals surface area contributed by atoms with Gasteiger partial charge in [0.15, 0.2) is 58.7 Å². The Balaban J connectivity index is 2.15. The number of oxime groups is 1. The van der Waals surface area contributed by atoms with Crippen LogP contribution in [0.4, 0.5) is 4.79 Å². The molecular formula is C81H138N24O18S. The molecule has 0 bridgehead atoms. The molecule has 43 heteroatoms. The average Bonchev–Trinajstić information content (AvgIpc) is 1.24. The molecular weight excluding hydrogens is 1630 g/mol. The number of hydrogen-bond donors (Lipinski definition) is 17. The summed E-state index contributed by atoms with van der Waals surface area (Å²) in [5, 5.41) is 23.0. The van der Waals surface area contributed by atoms with E-state index in [4.69, 9.17) is 76.4 Å². The maximum atomic E-state index is 14.7. The minimum absolute atomic E-state index is 0.0233. The fourth-order valence-corrected chi connectivity index (χ4v) is 13.8. The Morgan fingerprint density at radius 3 is 1.54 bits per heavy atom. The third kappa shape index (κ3) is 47.5. The summed E-state index contributed by atoms with van der Waals surface area (Å²) in [5.41, 5.74) is 58.1. The normalized spacial score (nSPS) is 14.6. The maximum absolute atomic E-state index is 14.7. The molecule has 1 aliphatic rings. The number of methoxy groups -OCH3 is 1. The van der Waals surface area contributed by atoms with Crippen LogP contribution in [0.25, 0.3) is 0 Å². The van der Waals surface area contributed by atoms with Gasteiger partial charge in [0.25, 0.3) is 0 Å². The third-order valence-corrected chi connectivity index (χ3v) is 20.6. The topological polar surface area (TPSA) is 698 Å². The van der Waals surface area contributed by atoms with E-state index in [-0.39, 0.29) is 221 Å². The number of carbonyl (C=O) groups is 14. The highest BCUT2D eigenvalue weighted by atomic mass is 32.2. The van der Waals surface area contributed by atoms with E-state index in [0.717, 1.165) is 11.1 Å². The fourth-order valence-electron chi connectivity index (χ4n) is 13.2. The first kappa shape index (κ1) is 109. The monoisotopic (exact) mass is 1770 g/mol. The number of ketones is 6. The predicted octanol–water partition coefficient (Wildman–Crippen LogP) is -1.37. The van der Waals surface area contributed by atoms with Crippen molar-refractivity contribution in [1.29, 1.82) is 0 Å². The Kier molecular flexibility index (Phi) is 54.5. The number of hydrogen-bond acceptors (Lipinski definition) is 25. The molecule has 0 spiro atoms. The van der Waals surface area contributed by atoms with Gasteiger partial charge in [-0.3, -0.25) is 87.3 Å². The van der Waals surface area contributed by atoms with Crippen molar-refractivity contribution in [2.75, 3.05) is 105 Å². The summed E-state index contributed by atoms with van der Waals surface area (Å²) < 4.78 is 15.5. The second kappa shape index (κ2) is 62.1. The summed E-state index contributed by atoms with van der Waals surface area (Å²) in [6, 6.07) is 0.874. The molecule has 0 aromatic heterocycles. The number of aliphatic imine (C=N–C) groups is 5. The Bertz CT molecular complexity index is 3770. The molecule has 1 aromatic carbocycles. The summed E-state index contributed by atoms with van der Waals surface area (Å²) in [5.74, 6) is -11.6. The number of benzene rings is 1. The highest BCUT2D eigenvalue weighted by Crippen LogP contribution is 2.24. The summed E-state index contributed by atoms with van der Waals surface area (Å²) in [6.07, 6.45) is 2.25. The number of alkyl carbamates (subject to hydrolysis) is 1. The van der Waals surface area contributed by atoms with Crippen molar-refractivity contribution in [3.05, 3.63) is 35.4 Å². The van der Waals surface area contributed by atoms with Crippen LogP contribution >= 0.6 is 11.8 Å². The van der Waals surface area contributed by atoms with Crippen LogP contribution in [-0.4, -0.2) is 263 Å². The van der Waals surface area contributed by atoms with Crippen molar-refractivity contribution in [3.63, 3.8) is 0 Å². The number of thioether (sulfide) groups is 1. The van der Waals surface area contributed by atoms with E-state index in [1.165, 1.54) is 30.7 Å². The number of nitrogens with zero attached hydrogens (tertiary/aromatic N) is 7. The molecule has 1 unspecified atom stereocenters. The lowest BCUT2D eigenvalue weighted by molar-refractivity contribution is -0.142. The molecule has 1 aliphatic heterocycles. The number of guanidine groups is 5. The second-order valence-electron chi connectivity index (χ2n) is 30.8. The number of Topliss-reactive ketones (excluding diaryl/α,β-unsaturated/α-hetero) is 6. The molecule has 0 radical (unpaired) electrons. The minimum atomic E-state index is -1.29. The molecule has 696 valence electrons. The number of likely N-dealkylation sites (tertiary alicyclic amines) is 1. The second-order valence-corrected chi connectivity index (χ2v) is 31.7. The van der Waals surface area contributed by atoms with Gasteiger partial charge in [-0.05, 0) is 133 Å². The van der Waals surface area contributed by atoms with E-state index in [1.54, 1.807) is 20.1 Å². The quantitative estimate of drug-likeness (QED) is 0.0155. The Labute approximate surface area is 730 Å². The van der Waals surface area contributed by atoms with E-state index in [1.807, 2.05) is 45.0 Å². The molecule has 124 heavy (non-hydrogen) atoms. The van der Waals surface area contributed by atoms with Gasteiger partial charge in [0, 0.05) is 121 Å². The number of amides is 8. The van der Waals surface area contributed by atoms with E-state index in [0.29, 0.717) is 37.8 Å². The number of ether oxygens (including phenoxy) is 3. The summed E-state index contributed by atoms with van der Waals surface area (Å²) in [7, 11) is 1.50. The van der Waals surface area contributed by atoms with Gasteiger partial charge in [-0.2, -0.15) is 11.8 Å². The van der Waals surface area contributed by atoms with Gasteiger partial charge in [0.2, 0.25) is 41.4 Å². The largest absolute Gasteiger partial charge is 0.447 e. The zero-order valence-electron chi connectivity index (χ0n) is 73.3. The van der Waals surface area contributed by atoms with Crippen molar-refractivity contribution >= 4 is 129 Å². The van der Waals surface area contributed by atoms with Crippen molar-refractivity contribution in [2.24, 2.45) is 117 Å². The van der Waals surface area contributed by atoms with Crippen LogP contribution in [0, 0.1) is 29.6 Å². The van der Waals surface area contributed by atoms with Crippen LogP contribution in [0.2, 0.25) is 0 Å². The molecule has 8 amide bonds. The summed E-state index contributed by atoms with van der Waals surface area (Å²) in [4.78, 5) is 219. The first-order chi connectivity index (χ1) is 58.9. The van der Waals surface area contributed by atoms with Crippen LogP contribution in [0.1, 0.15) is 188 Å². The Morgan fingerprint density at radius 2 is 1.04 bits per heavy atom. The molecule has 1 aromatic rings.